The Morgan fingerprint density at radius 2 is 1.57 bits per heavy atom. The van der Waals surface area contributed by atoms with Crippen molar-refractivity contribution in [2.75, 3.05) is 6.54 Å². The Morgan fingerprint density at radius 3 is 2.09 bits per heavy atom. The summed E-state index contributed by atoms with van der Waals surface area (Å²) in [5.74, 6) is 0.862. The number of hydrogen-bond donors (Lipinski definition) is 1. The Hall–Kier alpha value is -2.02. The van der Waals surface area contributed by atoms with E-state index < -0.39 is 10.0 Å². The summed E-state index contributed by atoms with van der Waals surface area (Å²) < 4.78 is 38.2. The fourth-order valence-electron chi connectivity index (χ4n) is 2.25. The molecule has 23 heavy (non-hydrogen) atoms. The lowest BCUT2D eigenvalue weighted by Crippen LogP contribution is -2.29. The first-order valence-corrected chi connectivity index (χ1v) is 8.75. The summed E-state index contributed by atoms with van der Waals surface area (Å²) in [6, 6.07) is 13.3. The van der Waals surface area contributed by atoms with Crippen molar-refractivity contribution >= 4 is 21.6 Å². The molecule has 0 bridgehead atoms. The van der Waals surface area contributed by atoms with Gasteiger partial charge in [0.25, 0.3) is 0 Å². The van der Waals surface area contributed by atoms with Crippen LogP contribution in [0.5, 0.6) is 0 Å². The predicted octanol–water partition coefficient (Wildman–Crippen LogP) is 3.64. The molecule has 2 aromatic heterocycles. The van der Waals surface area contributed by atoms with E-state index in [1.807, 2.05) is 0 Å². The minimum absolute atomic E-state index is 0.0410. The summed E-state index contributed by atoms with van der Waals surface area (Å²) in [6.45, 7) is 0.0918. The second-order valence-corrected chi connectivity index (χ2v) is 7.01. The molecule has 0 aliphatic heterocycles. The molecule has 0 spiro atoms. The molecule has 1 N–H and O–H groups in total. The van der Waals surface area contributed by atoms with Crippen molar-refractivity contribution in [1.82, 2.24) is 4.72 Å². The second-order valence-electron chi connectivity index (χ2n) is 4.87. The van der Waals surface area contributed by atoms with E-state index in [0.29, 0.717) is 11.5 Å². The van der Waals surface area contributed by atoms with E-state index in [1.165, 1.54) is 24.7 Å². The molecule has 0 fully saturated rings. The van der Waals surface area contributed by atoms with Gasteiger partial charge in [-0.1, -0.05) is 23.7 Å². The fourth-order valence-corrected chi connectivity index (χ4v) is 3.82. The van der Waals surface area contributed by atoms with Gasteiger partial charge < -0.3 is 8.83 Å². The van der Waals surface area contributed by atoms with E-state index in [0.717, 1.165) is 0 Å². The summed E-state index contributed by atoms with van der Waals surface area (Å²) in [4.78, 5) is 0.0410. The van der Waals surface area contributed by atoms with E-state index in [4.69, 9.17) is 20.4 Å². The zero-order valence-corrected chi connectivity index (χ0v) is 13.5. The highest BCUT2D eigenvalue weighted by molar-refractivity contribution is 7.89. The molecule has 3 rings (SSSR count). The average Bonchev–Trinajstić information content (AvgIpc) is 3.21. The van der Waals surface area contributed by atoms with Crippen molar-refractivity contribution in [2.24, 2.45) is 0 Å². The van der Waals surface area contributed by atoms with Gasteiger partial charge in [0.1, 0.15) is 16.4 Å². The van der Waals surface area contributed by atoms with Gasteiger partial charge in [-0.05, 0) is 36.4 Å². The van der Waals surface area contributed by atoms with Crippen LogP contribution >= 0.6 is 11.6 Å². The van der Waals surface area contributed by atoms with Gasteiger partial charge in [0.15, 0.2) is 0 Å². The average molecular weight is 352 g/mol. The monoisotopic (exact) mass is 351 g/mol. The Balaban J connectivity index is 1.84. The molecule has 7 heteroatoms. The Kier molecular flexibility index (Phi) is 4.56. The molecule has 1 aromatic carbocycles. The number of rotatable bonds is 6. The van der Waals surface area contributed by atoms with Crippen LogP contribution in [0, 0.1) is 0 Å². The molecule has 120 valence electrons. The molecule has 0 radical (unpaired) electrons. The van der Waals surface area contributed by atoms with Crippen LogP contribution in [0.4, 0.5) is 0 Å². The van der Waals surface area contributed by atoms with Gasteiger partial charge in [0, 0.05) is 6.54 Å². The summed E-state index contributed by atoms with van der Waals surface area (Å²) in [7, 11) is -3.73. The topological polar surface area (TPSA) is 72.5 Å². The molecular formula is C16H14ClNO4S. The van der Waals surface area contributed by atoms with Crippen LogP contribution in [0.1, 0.15) is 17.4 Å². The summed E-state index contributed by atoms with van der Waals surface area (Å²) in [5, 5.41) is 0.174. The number of halogens is 1. The van der Waals surface area contributed by atoms with E-state index in [2.05, 4.69) is 4.72 Å². The minimum Gasteiger partial charge on any atom is -0.469 e. The smallest absolute Gasteiger partial charge is 0.242 e. The summed E-state index contributed by atoms with van der Waals surface area (Å²) >= 11 is 5.97. The molecule has 0 saturated carbocycles. The van der Waals surface area contributed by atoms with E-state index in [-0.39, 0.29) is 22.4 Å². The fraction of sp³-hybridized carbons (Fsp3) is 0.125. The first-order chi connectivity index (χ1) is 11.1. The largest absolute Gasteiger partial charge is 0.469 e. The van der Waals surface area contributed by atoms with Crippen LogP contribution in [0.15, 0.2) is 74.8 Å². The number of nitrogens with one attached hydrogen (secondary N) is 1. The number of sulfonamides is 1. The lowest BCUT2D eigenvalue weighted by atomic mass is 10.0. The van der Waals surface area contributed by atoms with Crippen molar-refractivity contribution in [3.05, 3.63) is 77.6 Å². The second kappa shape index (κ2) is 6.62. The van der Waals surface area contributed by atoms with Gasteiger partial charge in [0.05, 0.1) is 23.5 Å². The highest BCUT2D eigenvalue weighted by Crippen LogP contribution is 2.26. The molecule has 0 atom stereocenters. The number of benzene rings is 1. The molecule has 2 heterocycles. The zero-order chi connectivity index (χ0) is 16.3. The lowest BCUT2D eigenvalue weighted by molar-refractivity contribution is 0.424. The highest BCUT2D eigenvalue weighted by atomic mass is 35.5. The lowest BCUT2D eigenvalue weighted by Gasteiger charge is -2.14. The van der Waals surface area contributed by atoms with Gasteiger partial charge >= 0.3 is 0 Å². The van der Waals surface area contributed by atoms with Crippen molar-refractivity contribution in [3.8, 4) is 0 Å². The minimum atomic E-state index is -3.73. The Morgan fingerprint density at radius 1 is 0.957 bits per heavy atom. The predicted molar refractivity (Wildman–Crippen MR) is 85.9 cm³/mol. The Bertz CT molecular complexity index is 823. The first kappa shape index (κ1) is 15.9. The number of hydrogen-bond acceptors (Lipinski definition) is 4. The van der Waals surface area contributed by atoms with E-state index in [1.54, 1.807) is 36.4 Å². The maximum Gasteiger partial charge on any atom is 0.242 e. The number of furan rings is 2. The molecule has 0 aliphatic rings. The summed E-state index contributed by atoms with van der Waals surface area (Å²) in [5.41, 5.74) is 0. The SMILES string of the molecule is O=S(=O)(NCC(c1ccco1)c1ccco1)c1ccccc1Cl. The van der Waals surface area contributed by atoms with Crippen LogP contribution in [0.2, 0.25) is 5.02 Å². The van der Waals surface area contributed by atoms with E-state index >= 15 is 0 Å². The molecule has 5 nitrogen and oxygen atoms in total. The molecule has 3 aromatic rings. The van der Waals surface area contributed by atoms with E-state index in [9.17, 15) is 8.42 Å². The van der Waals surface area contributed by atoms with Crippen LogP contribution in [0.25, 0.3) is 0 Å². The maximum atomic E-state index is 12.4. The Labute approximate surface area is 138 Å². The molecule has 0 aliphatic carbocycles. The zero-order valence-electron chi connectivity index (χ0n) is 12.0. The molecule has 0 saturated heterocycles. The van der Waals surface area contributed by atoms with Crippen molar-refractivity contribution in [1.29, 1.82) is 0 Å². The molecular weight excluding hydrogens is 338 g/mol. The third-order valence-corrected chi connectivity index (χ3v) is 5.30. The van der Waals surface area contributed by atoms with Crippen molar-refractivity contribution < 1.29 is 17.3 Å². The van der Waals surface area contributed by atoms with Gasteiger partial charge in [-0.2, -0.15) is 0 Å². The van der Waals surface area contributed by atoms with Gasteiger partial charge in [-0.3, -0.25) is 0 Å². The van der Waals surface area contributed by atoms with Crippen LogP contribution in [-0.2, 0) is 10.0 Å². The van der Waals surface area contributed by atoms with Crippen LogP contribution < -0.4 is 4.72 Å². The van der Waals surface area contributed by atoms with Crippen LogP contribution in [0.3, 0.4) is 0 Å². The molecule has 0 unspecified atom stereocenters. The quantitative estimate of drug-likeness (QED) is 0.736. The third-order valence-electron chi connectivity index (χ3n) is 3.38. The maximum absolute atomic E-state index is 12.4. The standard InChI is InChI=1S/C16H14ClNO4S/c17-13-5-1-2-8-16(13)23(19,20)18-11-12(14-6-3-9-21-14)15-7-4-10-22-15/h1-10,12,18H,11H2. The summed E-state index contributed by atoms with van der Waals surface area (Å²) in [6.07, 6.45) is 3.07. The first-order valence-electron chi connectivity index (χ1n) is 6.89. The van der Waals surface area contributed by atoms with Gasteiger partial charge in [-0.15, -0.1) is 0 Å². The third kappa shape index (κ3) is 3.50. The van der Waals surface area contributed by atoms with Gasteiger partial charge in [-0.25, -0.2) is 13.1 Å². The normalized spacial score (nSPS) is 11.9. The van der Waals surface area contributed by atoms with Crippen molar-refractivity contribution in [2.45, 2.75) is 10.8 Å². The molecule has 0 amide bonds. The highest BCUT2D eigenvalue weighted by Gasteiger charge is 2.24. The van der Waals surface area contributed by atoms with Crippen LogP contribution in [-0.4, -0.2) is 15.0 Å². The van der Waals surface area contributed by atoms with Crippen molar-refractivity contribution in [3.63, 3.8) is 0 Å². The van der Waals surface area contributed by atoms with Gasteiger partial charge in [0.2, 0.25) is 10.0 Å².